The monoisotopic (exact) mass is 321 g/mol. The van der Waals surface area contributed by atoms with Crippen LogP contribution in [0.2, 0.25) is 0 Å². The molecule has 0 bridgehead atoms. The fraction of sp³-hybridized carbons (Fsp3) is 0.267. The van der Waals surface area contributed by atoms with Gasteiger partial charge in [0.1, 0.15) is 0 Å². The molecule has 0 unspecified atom stereocenters. The van der Waals surface area contributed by atoms with E-state index in [1.54, 1.807) is 18.3 Å². The molecule has 0 aliphatic heterocycles. The third-order valence-corrected chi connectivity index (χ3v) is 4.80. The molecule has 0 fully saturated rings. The molecule has 0 saturated carbocycles. The molecule has 0 amide bonds. The van der Waals surface area contributed by atoms with Gasteiger partial charge in [0.25, 0.3) is 15.8 Å². The molecule has 22 heavy (non-hydrogen) atoms. The highest BCUT2D eigenvalue weighted by atomic mass is 32.2. The summed E-state index contributed by atoms with van der Waals surface area (Å²) in [6.45, 7) is 0.219. The fourth-order valence-electron chi connectivity index (χ4n) is 1.99. The summed E-state index contributed by atoms with van der Waals surface area (Å²) in [5.41, 5.74) is 0.621. The van der Waals surface area contributed by atoms with Crippen LogP contribution in [0, 0.1) is 0 Å². The first kappa shape index (κ1) is 16.4. The molecule has 2 aromatic rings. The van der Waals surface area contributed by atoms with E-state index >= 15 is 0 Å². The quantitative estimate of drug-likeness (QED) is 0.862. The summed E-state index contributed by atoms with van der Waals surface area (Å²) in [5, 5.41) is 0. The van der Waals surface area contributed by atoms with Crippen molar-refractivity contribution in [1.29, 1.82) is 0 Å². The molecule has 1 aromatic carbocycles. The molecule has 1 N–H and O–H groups in total. The largest absolute Gasteiger partial charge is 0.314 e. The summed E-state index contributed by atoms with van der Waals surface area (Å²) in [7, 11) is -0.696. The zero-order chi connectivity index (χ0) is 16.2. The van der Waals surface area contributed by atoms with Gasteiger partial charge in [0, 0.05) is 32.9 Å². The van der Waals surface area contributed by atoms with E-state index in [0.29, 0.717) is 0 Å². The number of nitrogens with one attached hydrogen (secondary N) is 1. The predicted octanol–water partition coefficient (Wildman–Crippen LogP) is 0.986. The molecule has 1 aromatic heterocycles. The first-order valence-electron chi connectivity index (χ1n) is 6.80. The van der Waals surface area contributed by atoms with Gasteiger partial charge >= 0.3 is 0 Å². The average Bonchev–Trinajstić information content (AvgIpc) is 2.49. The van der Waals surface area contributed by atoms with Gasteiger partial charge < -0.3 is 4.57 Å². The molecule has 0 radical (unpaired) electrons. The lowest BCUT2D eigenvalue weighted by molar-refractivity contribution is 0.464. The first-order chi connectivity index (χ1) is 10.4. The van der Waals surface area contributed by atoms with Crippen LogP contribution in [0.4, 0.5) is 0 Å². The number of rotatable bonds is 6. The Morgan fingerprint density at radius 2 is 1.73 bits per heavy atom. The molecule has 1 atom stereocenters. The van der Waals surface area contributed by atoms with Crippen molar-refractivity contribution in [3.63, 3.8) is 0 Å². The molecular weight excluding hydrogens is 302 g/mol. The fourth-order valence-corrected chi connectivity index (χ4v) is 2.77. The zero-order valence-corrected chi connectivity index (χ0v) is 13.3. The SMILES string of the molecule is CN(C)S(=O)(=O)N[C@@H](Cn1ccccc1=O)c1ccccc1. The standard InChI is InChI=1S/C15H19N3O3S/c1-17(2)22(20,21)16-14(13-8-4-3-5-9-13)12-18-11-7-6-10-15(18)19/h3-11,14,16H,12H2,1-2H3/t14-/m0/s1. The van der Waals surface area contributed by atoms with Crippen LogP contribution in [0.15, 0.2) is 59.5 Å². The Hall–Kier alpha value is -1.96. The first-order valence-corrected chi connectivity index (χ1v) is 8.24. The molecule has 2 rings (SSSR count). The molecule has 0 aliphatic carbocycles. The van der Waals surface area contributed by atoms with Crippen LogP contribution in [0.1, 0.15) is 11.6 Å². The predicted molar refractivity (Wildman–Crippen MR) is 85.6 cm³/mol. The van der Waals surface area contributed by atoms with Crippen molar-refractivity contribution >= 4 is 10.2 Å². The minimum Gasteiger partial charge on any atom is -0.314 e. The van der Waals surface area contributed by atoms with Crippen LogP contribution >= 0.6 is 0 Å². The molecule has 0 saturated heterocycles. The van der Waals surface area contributed by atoms with E-state index in [4.69, 9.17) is 0 Å². The summed E-state index contributed by atoms with van der Waals surface area (Å²) >= 11 is 0. The van der Waals surface area contributed by atoms with Gasteiger partial charge in [-0.1, -0.05) is 36.4 Å². The van der Waals surface area contributed by atoms with Crippen LogP contribution in [0.5, 0.6) is 0 Å². The van der Waals surface area contributed by atoms with Crippen molar-refractivity contribution in [2.75, 3.05) is 14.1 Å². The van der Waals surface area contributed by atoms with Crippen LogP contribution in [-0.4, -0.2) is 31.4 Å². The second kappa shape index (κ2) is 6.87. The smallest absolute Gasteiger partial charge is 0.279 e. The second-order valence-electron chi connectivity index (χ2n) is 5.06. The Morgan fingerprint density at radius 3 is 2.32 bits per heavy atom. The van der Waals surface area contributed by atoms with Crippen LogP contribution in [0.3, 0.4) is 0 Å². The molecule has 6 nitrogen and oxygen atoms in total. The Morgan fingerprint density at radius 1 is 1.09 bits per heavy atom. The van der Waals surface area contributed by atoms with E-state index < -0.39 is 16.3 Å². The van der Waals surface area contributed by atoms with E-state index in [-0.39, 0.29) is 12.1 Å². The van der Waals surface area contributed by atoms with Gasteiger partial charge in [-0.2, -0.15) is 17.4 Å². The number of hydrogen-bond donors (Lipinski definition) is 1. The van der Waals surface area contributed by atoms with Gasteiger partial charge in [-0.05, 0) is 11.6 Å². The lowest BCUT2D eigenvalue weighted by Crippen LogP contribution is -2.40. The van der Waals surface area contributed by atoms with Gasteiger partial charge in [0.15, 0.2) is 0 Å². The molecule has 1 heterocycles. The number of nitrogens with zero attached hydrogens (tertiary/aromatic N) is 2. The molecule has 0 spiro atoms. The van der Waals surface area contributed by atoms with Crippen molar-refractivity contribution in [3.8, 4) is 0 Å². The Kier molecular flexibility index (Phi) is 5.12. The number of benzene rings is 1. The molecule has 7 heteroatoms. The van der Waals surface area contributed by atoms with E-state index in [0.717, 1.165) is 9.87 Å². The maximum absolute atomic E-state index is 12.1. The maximum atomic E-state index is 12.1. The van der Waals surface area contributed by atoms with Crippen LogP contribution < -0.4 is 10.3 Å². The number of aromatic nitrogens is 1. The summed E-state index contributed by atoms with van der Waals surface area (Å²) in [6, 6.07) is 13.5. The average molecular weight is 321 g/mol. The summed E-state index contributed by atoms with van der Waals surface area (Å²) in [5.74, 6) is 0. The van der Waals surface area contributed by atoms with Gasteiger partial charge in [0.2, 0.25) is 0 Å². The van der Waals surface area contributed by atoms with E-state index in [1.807, 2.05) is 30.3 Å². The molecular formula is C15H19N3O3S. The van der Waals surface area contributed by atoms with Crippen molar-refractivity contribution in [2.45, 2.75) is 12.6 Å². The van der Waals surface area contributed by atoms with Gasteiger partial charge in [-0.3, -0.25) is 4.79 Å². The Balaban J connectivity index is 2.35. The lowest BCUT2D eigenvalue weighted by atomic mass is 10.1. The van der Waals surface area contributed by atoms with Gasteiger partial charge in [0.05, 0.1) is 6.04 Å². The number of hydrogen-bond acceptors (Lipinski definition) is 3. The lowest BCUT2D eigenvalue weighted by Gasteiger charge is -2.22. The third-order valence-electron chi connectivity index (χ3n) is 3.25. The second-order valence-corrected chi connectivity index (χ2v) is 6.98. The van der Waals surface area contributed by atoms with E-state index in [9.17, 15) is 13.2 Å². The summed E-state index contributed by atoms with van der Waals surface area (Å²) in [6.07, 6.45) is 1.64. The van der Waals surface area contributed by atoms with Gasteiger partial charge in [-0.25, -0.2) is 0 Å². The zero-order valence-electron chi connectivity index (χ0n) is 12.5. The van der Waals surface area contributed by atoms with Crippen molar-refractivity contribution in [1.82, 2.24) is 13.6 Å². The van der Waals surface area contributed by atoms with E-state index in [2.05, 4.69) is 4.72 Å². The highest BCUT2D eigenvalue weighted by molar-refractivity contribution is 7.87. The molecule has 118 valence electrons. The minimum atomic E-state index is -3.61. The van der Waals surface area contributed by atoms with Gasteiger partial charge in [-0.15, -0.1) is 0 Å². The maximum Gasteiger partial charge on any atom is 0.279 e. The Labute approximate surface area is 130 Å². The minimum absolute atomic E-state index is 0.174. The van der Waals surface area contributed by atoms with Crippen molar-refractivity contribution < 1.29 is 8.42 Å². The van der Waals surface area contributed by atoms with Crippen molar-refractivity contribution in [3.05, 3.63) is 70.6 Å². The van der Waals surface area contributed by atoms with E-state index in [1.165, 1.54) is 24.7 Å². The Bertz CT molecular complexity index is 770. The highest BCUT2D eigenvalue weighted by Gasteiger charge is 2.21. The highest BCUT2D eigenvalue weighted by Crippen LogP contribution is 2.16. The van der Waals surface area contributed by atoms with Crippen LogP contribution in [-0.2, 0) is 16.8 Å². The summed E-state index contributed by atoms with van der Waals surface area (Å²) < 4.78 is 29.4. The topological polar surface area (TPSA) is 71.4 Å². The van der Waals surface area contributed by atoms with Crippen LogP contribution in [0.25, 0.3) is 0 Å². The third kappa shape index (κ3) is 4.03. The normalized spacial score (nSPS) is 13.2. The van der Waals surface area contributed by atoms with Crippen molar-refractivity contribution in [2.24, 2.45) is 0 Å². The number of pyridine rings is 1. The molecule has 0 aliphatic rings. The summed E-state index contributed by atoms with van der Waals surface area (Å²) in [4.78, 5) is 11.9.